The lowest BCUT2D eigenvalue weighted by Crippen LogP contribution is -2.08. The van der Waals surface area contributed by atoms with Crippen molar-refractivity contribution >= 4 is 5.97 Å². The lowest BCUT2D eigenvalue weighted by Gasteiger charge is -2.09. The van der Waals surface area contributed by atoms with Gasteiger partial charge in [-0.2, -0.15) is 0 Å². The first-order valence-electron chi connectivity index (χ1n) is 5.86. The molecule has 0 aliphatic carbocycles. The van der Waals surface area contributed by atoms with Crippen molar-refractivity contribution in [3.8, 4) is 5.75 Å². The molecule has 104 valence electrons. The molecule has 0 amide bonds. The van der Waals surface area contributed by atoms with Crippen LogP contribution in [-0.4, -0.2) is 13.1 Å². The van der Waals surface area contributed by atoms with Crippen LogP contribution in [0.2, 0.25) is 0 Å². The third-order valence-electron chi connectivity index (χ3n) is 2.70. The molecule has 0 unspecified atom stereocenters. The van der Waals surface area contributed by atoms with Gasteiger partial charge in [0.1, 0.15) is 24.0 Å². The van der Waals surface area contributed by atoms with E-state index in [4.69, 9.17) is 9.47 Å². The quantitative estimate of drug-likeness (QED) is 0.805. The molecule has 0 saturated heterocycles. The fourth-order valence-electron chi connectivity index (χ4n) is 1.70. The fourth-order valence-corrected chi connectivity index (χ4v) is 1.70. The summed E-state index contributed by atoms with van der Waals surface area (Å²) in [6.45, 7) is -0.0559. The van der Waals surface area contributed by atoms with Crippen molar-refractivity contribution in [3.05, 3.63) is 65.2 Å². The number of rotatable bonds is 4. The van der Waals surface area contributed by atoms with Crippen LogP contribution in [0.15, 0.2) is 42.5 Å². The third kappa shape index (κ3) is 3.12. The number of hydrogen-bond acceptors (Lipinski definition) is 3. The van der Waals surface area contributed by atoms with E-state index >= 15 is 0 Å². The number of esters is 1. The molecule has 0 atom stereocenters. The van der Waals surface area contributed by atoms with Gasteiger partial charge in [0, 0.05) is 11.6 Å². The van der Waals surface area contributed by atoms with Crippen LogP contribution in [0.1, 0.15) is 15.9 Å². The Balaban J connectivity index is 2.09. The monoisotopic (exact) mass is 278 g/mol. The summed E-state index contributed by atoms with van der Waals surface area (Å²) in [4.78, 5) is 11.7. The second kappa shape index (κ2) is 6.14. The first kappa shape index (κ1) is 14.0. The highest BCUT2D eigenvalue weighted by molar-refractivity contribution is 5.89. The molecule has 0 radical (unpaired) electrons. The molecule has 2 aromatic rings. The largest absolute Gasteiger partial charge is 0.496 e. The van der Waals surface area contributed by atoms with Gasteiger partial charge in [-0.25, -0.2) is 13.6 Å². The number of hydrogen-bond donors (Lipinski definition) is 0. The number of ether oxygens (including phenoxy) is 2. The highest BCUT2D eigenvalue weighted by atomic mass is 19.1. The first-order valence-corrected chi connectivity index (χ1v) is 5.86. The molecule has 2 rings (SSSR count). The molecule has 3 nitrogen and oxygen atoms in total. The van der Waals surface area contributed by atoms with Crippen molar-refractivity contribution in [2.45, 2.75) is 6.61 Å². The summed E-state index contributed by atoms with van der Waals surface area (Å²) in [5.74, 6) is -1.98. The van der Waals surface area contributed by atoms with Crippen molar-refractivity contribution < 1.29 is 23.0 Å². The smallest absolute Gasteiger partial charge is 0.341 e. The molecular weight excluding hydrogens is 266 g/mol. The average molecular weight is 278 g/mol. The maximum atomic E-state index is 13.4. The molecule has 0 N–H and O–H groups in total. The summed E-state index contributed by atoms with van der Waals surface area (Å²) in [5, 5.41) is 0. The van der Waals surface area contributed by atoms with Crippen LogP contribution >= 0.6 is 0 Å². The van der Waals surface area contributed by atoms with E-state index in [2.05, 4.69) is 0 Å². The molecule has 0 spiro atoms. The highest BCUT2D eigenvalue weighted by Crippen LogP contribution is 2.19. The van der Waals surface area contributed by atoms with Gasteiger partial charge in [-0.3, -0.25) is 0 Å². The van der Waals surface area contributed by atoms with Crippen LogP contribution < -0.4 is 4.74 Å². The molecule has 0 aliphatic rings. The maximum Gasteiger partial charge on any atom is 0.341 e. The van der Waals surface area contributed by atoms with Crippen molar-refractivity contribution in [3.63, 3.8) is 0 Å². The predicted molar refractivity (Wildman–Crippen MR) is 68.5 cm³/mol. The van der Waals surface area contributed by atoms with E-state index in [1.807, 2.05) is 0 Å². The van der Waals surface area contributed by atoms with Gasteiger partial charge >= 0.3 is 5.97 Å². The number of halogens is 2. The van der Waals surface area contributed by atoms with Crippen molar-refractivity contribution in [2.75, 3.05) is 7.11 Å². The van der Waals surface area contributed by atoms with Gasteiger partial charge in [0.25, 0.3) is 0 Å². The minimum absolute atomic E-state index is 0.0559. The van der Waals surface area contributed by atoms with Crippen molar-refractivity contribution in [2.24, 2.45) is 0 Å². The number of methoxy groups -OCH3 is 1. The number of carbonyl (C=O) groups is 1. The standard InChI is InChI=1S/C15H12F2O3/c1-19-14-5-3-2-4-10(14)9-20-15(18)12-7-6-11(16)8-13(12)17/h2-8H,9H2,1H3. The Morgan fingerprint density at radius 1 is 1.15 bits per heavy atom. The fraction of sp³-hybridized carbons (Fsp3) is 0.133. The van der Waals surface area contributed by atoms with Crippen molar-refractivity contribution in [1.82, 2.24) is 0 Å². The van der Waals surface area contributed by atoms with Gasteiger partial charge in [-0.15, -0.1) is 0 Å². The Morgan fingerprint density at radius 3 is 2.60 bits per heavy atom. The molecule has 2 aromatic carbocycles. The van der Waals surface area contributed by atoms with Crippen molar-refractivity contribution in [1.29, 1.82) is 0 Å². The van der Waals surface area contributed by atoms with Gasteiger partial charge in [0.15, 0.2) is 0 Å². The van der Waals surface area contributed by atoms with Crippen LogP contribution in [0.25, 0.3) is 0 Å². The summed E-state index contributed by atoms with van der Waals surface area (Å²) in [7, 11) is 1.50. The van der Waals surface area contributed by atoms with Gasteiger partial charge in [0.05, 0.1) is 12.7 Å². The van der Waals surface area contributed by atoms with E-state index in [1.54, 1.807) is 24.3 Å². The normalized spacial score (nSPS) is 10.2. The molecule has 0 heterocycles. The van der Waals surface area contributed by atoms with E-state index < -0.39 is 17.6 Å². The minimum atomic E-state index is -0.949. The summed E-state index contributed by atoms with van der Waals surface area (Å²) in [6, 6.07) is 9.69. The third-order valence-corrected chi connectivity index (χ3v) is 2.70. The molecule has 0 fully saturated rings. The molecule has 5 heteroatoms. The van der Waals surface area contributed by atoms with E-state index in [-0.39, 0.29) is 12.2 Å². The average Bonchev–Trinajstić information content (AvgIpc) is 2.45. The van der Waals surface area contributed by atoms with Crippen LogP contribution in [0.4, 0.5) is 8.78 Å². The Kier molecular flexibility index (Phi) is 4.30. The highest BCUT2D eigenvalue weighted by Gasteiger charge is 2.14. The van der Waals surface area contributed by atoms with Gasteiger partial charge < -0.3 is 9.47 Å². The number of para-hydroxylation sites is 1. The summed E-state index contributed by atoms with van der Waals surface area (Å²) < 4.78 is 36.3. The molecule has 20 heavy (non-hydrogen) atoms. The Hall–Kier alpha value is -2.43. The van der Waals surface area contributed by atoms with Crippen LogP contribution in [0, 0.1) is 11.6 Å². The van der Waals surface area contributed by atoms with E-state index in [1.165, 1.54) is 7.11 Å². The van der Waals surface area contributed by atoms with Crippen LogP contribution in [-0.2, 0) is 11.3 Å². The van der Waals surface area contributed by atoms with Crippen LogP contribution in [0.5, 0.6) is 5.75 Å². The molecule has 0 bridgehead atoms. The summed E-state index contributed by atoms with van der Waals surface area (Å²) in [6.07, 6.45) is 0. The summed E-state index contributed by atoms with van der Waals surface area (Å²) in [5.41, 5.74) is 0.354. The lowest BCUT2D eigenvalue weighted by atomic mass is 10.2. The zero-order valence-corrected chi connectivity index (χ0v) is 10.7. The summed E-state index contributed by atoms with van der Waals surface area (Å²) >= 11 is 0. The SMILES string of the molecule is COc1ccccc1COC(=O)c1ccc(F)cc1F. The van der Waals surface area contributed by atoms with Crippen LogP contribution in [0.3, 0.4) is 0 Å². The van der Waals surface area contributed by atoms with E-state index in [0.29, 0.717) is 17.4 Å². The van der Waals surface area contributed by atoms with Gasteiger partial charge in [-0.05, 0) is 18.2 Å². The van der Waals surface area contributed by atoms with Gasteiger partial charge in [0.2, 0.25) is 0 Å². The second-order valence-corrected chi connectivity index (χ2v) is 4.01. The molecular formula is C15H12F2O3. The maximum absolute atomic E-state index is 13.4. The predicted octanol–water partition coefficient (Wildman–Crippen LogP) is 3.33. The molecule has 0 saturated carbocycles. The molecule has 0 aliphatic heterocycles. The van der Waals surface area contributed by atoms with E-state index in [9.17, 15) is 13.6 Å². The number of carbonyl (C=O) groups excluding carboxylic acids is 1. The zero-order valence-electron chi connectivity index (χ0n) is 10.7. The number of benzene rings is 2. The lowest BCUT2D eigenvalue weighted by molar-refractivity contribution is 0.0464. The minimum Gasteiger partial charge on any atom is -0.496 e. The topological polar surface area (TPSA) is 35.5 Å². The Morgan fingerprint density at radius 2 is 1.90 bits per heavy atom. The Labute approximate surface area is 114 Å². The molecule has 0 aromatic heterocycles. The Bertz CT molecular complexity index is 626. The first-order chi connectivity index (χ1) is 9.61. The zero-order chi connectivity index (χ0) is 14.5. The second-order valence-electron chi connectivity index (χ2n) is 4.01. The van der Waals surface area contributed by atoms with Gasteiger partial charge in [-0.1, -0.05) is 18.2 Å². The van der Waals surface area contributed by atoms with E-state index in [0.717, 1.165) is 12.1 Å².